The number of halogens is 1. The smallest absolute Gasteiger partial charge is 0.287 e. The molecule has 108 valence electrons. The third-order valence-electron chi connectivity index (χ3n) is 3.83. The van der Waals surface area contributed by atoms with E-state index in [4.69, 9.17) is 11.6 Å². The fourth-order valence-electron chi connectivity index (χ4n) is 2.63. The standard InChI is InChI=1S/C14H17ClN2O3/c1-16(11-5-3-2-4-6-11)14(18)10-7-8-13(17(19)20)12(15)9-10/h7-9,11H,2-6H2,1H3. The van der Waals surface area contributed by atoms with Crippen molar-refractivity contribution in [2.24, 2.45) is 0 Å². The van der Waals surface area contributed by atoms with E-state index in [0.29, 0.717) is 5.56 Å². The summed E-state index contributed by atoms with van der Waals surface area (Å²) in [6, 6.07) is 4.38. The minimum Gasteiger partial charge on any atom is -0.339 e. The maximum absolute atomic E-state index is 12.4. The molecule has 1 aromatic carbocycles. The van der Waals surface area contributed by atoms with Crippen LogP contribution >= 0.6 is 11.6 Å². The number of nitrogens with zero attached hydrogens (tertiary/aromatic N) is 2. The molecule has 5 nitrogen and oxygen atoms in total. The van der Waals surface area contributed by atoms with Crippen molar-refractivity contribution in [1.82, 2.24) is 4.90 Å². The maximum Gasteiger partial charge on any atom is 0.287 e. The van der Waals surface area contributed by atoms with E-state index in [1.807, 2.05) is 0 Å². The van der Waals surface area contributed by atoms with Crippen LogP contribution in [0, 0.1) is 10.1 Å². The lowest BCUT2D eigenvalue weighted by atomic mass is 9.94. The molecule has 0 radical (unpaired) electrons. The lowest BCUT2D eigenvalue weighted by Crippen LogP contribution is -2.38. The van der Waals surface area contributed by atoms with E-state index in [1.54, 1.807) is 11.9 Å². The number of hydrogen-bond donors (Lipinski definition) is 0. The summed E-state index contributed by atoms with van der Waals surface area (Å²) in [6.45, 7) is 0. The average Bonchev–Trinajstić information content (AvgIpc) is 2.46. The summed E-state index contributed by atoms with van der Waals surface area (Å²) in [5.74, 6) is -0.131. The Morgan fingerprint density at radius 2 is 2.00 bits per heavy atom. The summed E-state index contributed by atoms with van der Waals surface area (Å²) in [5.41, 5.74) is 0.220. The van der Waals surface area contributed by atoms with Crippen molar-refractivity contribution in [3.63, 3.8) is 0 Å². The molecule has 20 heavy (non-hydrogen) atoms. The van der Waals surface area contributed by atoms with Crippen molar-refractivity contribution >= 4 is 23.2 Å². The van der Waals surface area contributed by atoms with Gasteiger partial charge in [0.2, 0.25) is 0 Å². The molecule has 0 bridgehead atoms. The Bertz CT molecular complexity index is 527. The predicted molar refractivity (Wildman–Crippen MR) is 77.1 cm³/mol. The van der Waals surface area contributed by atoms with Crippen molar-refractivity contribution in [2.45, 2.75) is 38.1 Å². The van der Waals surface area contributed by atoms with Gasteiger partial charge in [-0.1, -0.05) is 30.9 Å². The van der Waals surface area contributed by atoms with Gasteiger partial charge in [0.1, 0.15) is 5.02 Å². The minimum absolute atomic E-state index is 0.00195. The molecule has 0 aromatic heterocycles. The second kappa shape index (κ2) is 6.22. The van der Waals surface area contributed by atoms with Gasteiger partial charge in [0.15, 0.2) is 0 Å². The van der Waals surface area contributed by atoms with Gasteiger partial charge in [0.25, 0.3) is 11.6 Å². The Morgan fingerprint density at radius 1 is 1.35 bits per heavy atom. The van der Waals surface area contributed by atoms with Crippen molar-refractivity contribution in [2.75, 3.05) is 7.05 Å². The monoisotopic (exact) mass is 296 g/mol. The van der Waals surface area contributed by atoms with Crippen LogP contribution in [0.5, 0.6) is 0 Å². The van der Waals surface area contributed by atoms with E-state index in [2.05, 4.69) is 0 Å². The van der Waals surface area contributed by atoms with E-state index >= 15 is 0 Å². The average molecular weight is 297 g/mol. The number of carbonyl (C=O) groups excluding carboxylic acids is 1. The van der Waals surface area contributed by atoms with Crippen LogP contribution < -0.4 is 0 Å². The summed E-state index contributed by atoms with van der Waals surface area (Å²) >= 11 is 5.85. The van der Waals surface area contributed by atoms with Gasteiger partial charge in [-0.3, -0.25) is 14.9 Å². The predicted octanol–water partition coefficient (Wildman–Crippen LogP) is 3.65. The molecule has 1 saturated carbocycles. The maximum atomic E-state index is 12.4. The molecular weight excluding hydrogens is 280 g/mol. The summed E-state index contributed by atoms with van der Waals surface area (Å²) in [4.78, 5) is 24.3. The van der Waals surface area contributed by atoms with E-state index in [9.17, 15) is 14.9 Å². The molecule has 0 atom stereocenters. The molecule has 0 unspecified atom stereocenters. The Kier molecular flexibility index (Phi) is 4.60. The molecule has 0 heterocycles. The fraction of sp³-hybridized carbons (Fsp3) is 0.500. The van der Waals surface area contributed by atoms with Crippen molar-refractivity contribution in [3.8, 4) is 0 Å². The van der Waals surface area contributed by atoms with Crippen LogP contribution in [0.25, 0.3) is 0 Å². The van der Waals surface area contributed by atoms with Gasteiger partial charge < -0.3 is 4.90 Å². The molecule has 0 aliphatic heterocycles. The molecule has 0 spiro atoms. The number of carbonyl (C=O) groups is 1. The summed E-state index contributed by atoms with van der Waals surface area (Å²) < 4.78 is 0. The van der Waals surface area contributed by atoms with E-state index in [0.717, 1.165) is 25.7 Å². The van der Waals surface area contributed by atoms with Gasteiger partial charge >= 0.3 is 0 Å². The largest absolute Gasteiger partial charge is 0.339 e. The number of rotatable bonds is 3. The van der Waals surface area contributed by atoms with Gasteiger partial charge in [-0.05, 0) is 25.0 Å². The van der Waals surface area contributed by atoms with Gasteiger partial charge in [0.05, 0.1) is 4.92 Å². The van der Waals surface area contributed by atoms with E-state index in [1.165, 1.54) is 24.6 Å². The number of amides is 1. The van der Waals surface area contributed by atoms with Crippen LogP contribution in [-0.4, -0.2) is 28.8 Å². The zero-order valence-corrected chi connectivity index (χ0v) is 12.1. The van der Waals surface area contributed by atoms with Crippen LogP contribution in [0.1, 0.15) is 42.5 Å². The Hall–Kier alpha value is -1.62. The topological polar surface area (TPSA) is 63.5 Å². The zero-order chi connectivity index (χ0) is 14.7. The number of nitro groups is 1. The molecule has 2 rings (SSSR count). The van der Waals surface area contributed by atoms with Crippen LogP contribution in [0.4, 0.5) is 5.69 Å². The van der Waals surface area contributed by atoms with Gasteiger partial charge in [-0.25, -0.2) is 0 Å². The Balaban J connectivity index is 2.16. The first-order chi connectivity index (χ1) is 9.50. The van der Waals surface area contributed by atoms with Crippen molar-refractivity contribution in [1.29, 1.82) is 0 Å². The summed E-state index contributed by atoms with van der Waals surface area (Å²) in [5, 5.41) is 10.7. The van der Waals surface area contributed by atoms with E-state index in [-0.39, 0.29) is 22.7 Å². The van der Waals surface area contributed by atoms with Crippen LogP contribution in [0.3, 0.4) is 0 Å². The highest BCUT2D eigenvalue weighted by molar-refractivity contribution is 6.33. The molecule has 0 saturated heterocycles. The second-order valence-electron chi connectivity index (χ2n) is 5.13. The van der Waals surface area contributed by atoms with Crippen molar-refractivity contribution in [3.05, 3.63) is 38.9 Å². The van der Waals surface area contributed by atoms with Gasteiger partial charge in [-0.2, -0.15) is 0 Å². The van der Waals surface area contributed by atoms with Gasteiger partial charge in [-0.15, -0.1) is 0 Å². The molecule has 0 N–H and O–H groups in total. The zero-order valence-electron chi connectivity index (χ0n) is 11.3. The highest BCUT2D eigenvalue weighted by Crippen LogP contribution is 2.27. The molecule has 1 fully saturated rings. The van der Waals surface area contributed by atoms with Crippen LogP contribution in [-0.2, 0) is 0 Å². The van der Waals surface area contributed by atoms with Gasteiger partial charge in [0, 0.05) is 24.7 Å². The lowest BCUT2D eigenvalue weighted by molar-refractivity contribution is -0.384. The lowest BCUT2D eigenvalue weighted by Gasteiger charge is -2.31. The second-order valence-corrected chi connectivity index (χ2v) is 5.54. The minimum atomic E-state index is -0.554. The summed E-state index contributed by atoms with van der Waals surface area (Å²) in [6.07, 6.45) is 5.54. The van der Waals surface area contributed by atoms with Crippen LogP contribution in [0.15, 0.2) is 18.2 Å². The normalized spacial score (nSPS) is 15.9. The SMILES string of the molecule is CN(C(=O)c1ccc([N+](=O)[O-])c(Cl)c1)C1CCCCC1. The number of hydrogen-bond acceptors (Lipinski definition) is 3. The molecule has 6 heteroatoms. The van der Waals surface area contributed by atoms with Crippen molar-refractivity contribution < 1.29 is 9.72 Å². The molecule has 1 amide bonds. The first kappa shape index (κ1) is 14.8. The highest BCUT2D eigenvalue weighted by Gasteiger charge is 2.24. The van der Waals surface area contributed by atoms with Crippen LogP contribution in [0.2, 0.25) is 5.02 Å². The third-order valence-corrected chi connectivity index (χ3v) is 4.14. The molecule has 1 aliphatic rings. The summed E-state index contributed by atoms with van der Waals surface area (Å²) in [7, 11) is 1.79. The molecule has 1 aliphatic carbocycles. The quantitative estimate of drug-likeness (QED) is 0.631. The fourth-order valence-corrected chi connectivity index (χ4v) is 2.88. The van der Waals surface area contributed by atoms with E-state index < -0.39 is 4.92 Å². The molecular formula is C14H17ClN2O3. The first-order valence-electron chi connectivity index (χ1n) is 6.72. The third kappa shape index (κ3) is 3.10. The first-order valence-corrected chi connectivity index (χ1v) is 7.09. The number of benzene rings is 1. The Morgan fingerprint density at radius 3 is 2.55 bits per heavy atom. The molecule has 1 aromatic rings. The highest BCUT2D eigenvalue weighted by atomic mass is 35.5. The Labute approximate surface area is 122 Å². The number of nitro benzene ring substituents is 1.